The molecule has 1 saturated heterocycles. The first-order valence-corrected chi connectivity index (χ1v) is 19.1. The molecule has 3 nitrogen and oxygen atoms in total. The van der Waals surface area contributed by atoms with E-state index in [4.69, 9.17) is 9.47 Å². The quantitative estimate of drug-likeness (QED) is 0.189. The molecular formula is C50H46BNO2. The Morgan fingerprint density at radius 1 is 0.519 bits per heavy atom. The van der Waals surface area contributed by atoms with Crippen LogP contribution in [0.2, 0.25) is 0 Å². The Morgan fingerprint density at radius 2 is 1.00 bits per heavy atom. The number of hydrogen-bond acceptors (Lipinski definition) is 2. The van der Waals surface area contributed by atoms with Gasteiger partial charge in [-0.2, -0.15) is 21.9 Å². The van der Waals surface area contributed by atoms with Gasteiger partial charge in [-0.3, -0.25) is 0 Å². The zero-order valence-corrected chi connectivity index (χ0v) is 31.0. The average molecular weight is 704 g/mol. The van der Waals surface area contributed by atoms with Gasteiger partial charge in [0.15, 0.2) is 18.5 Å². The van der Waals surface area contributed by atoms with Crippen molar-refractivity contribution in [3.63, 3.8) is 0 Å². The third kappa shape index (κ3) is 7.11. The van der Waals surface area contributed by atoms with Crippen LogP contribution in [0.25, 0.3) is 11.1 Å². The van der Waals surface area contributed by atoms with E-state index in [9.17, 15) is 0 Å². The van der Waals surface area contributed by atoms with Gasteiger partial charge in [-0.25, -0.2) is 4.99 Å². The first-order valence-electron chi connectivity index (χ1n) is 19.1. The SMILES string of the molecule is CC1(C)OC[C@H](c2ccc3c(c2)-c2ccccc2C=[NH+]C3)[C@@H](c2ccccc2)O1.c1ccc([B-](c2ccccc2)(c2ccccc2)c2ccccc2)cc1. The molecule has 0 bridgehead atoms. The number of hydrogen-bond donors (Lipinski definition) is 1. The minimum atomic E-state index is -1.22. The van der Waals surface area contributed by atoms with Crippen molar-refractivity contribution in [2.24, 2.45) is 0 Å². The maximum atomic E-state index is 6.42. The first-order chi connectivity index (χ1) is 26.5. The van der Waals surface area contributed by atoms with E-state index in [1.165, 1.54) is 55.2 Å². The van der Waals surface area contributed by atoms with Gasteiger partial charge in [0.2, 0.25) is 0 Å². The predicted molar refractivity (Wildman–Crippen MR) is 225 cm³/mol. The Hall–Kier alpha value is -5.81. The van der Waals surface area contributed by atoms with Crippen LogP contribution < -0.4 is 26.8 Å². The van der Waals surface area contributed by atoms with Gasteiger partial charge in [-0.1, -0.05) is 188 Å². The third-order valence-electron chi connectivity index (χ3n) is 11.1. The van der Waals surface area contributed by atoms with Crippen molar-refractivity contribution < 1.29 is 14.5 Å². The Bertz CT molecular complexity index is 2150. The molecule has 2 heterocycles. The lowest BCUT2D eigenvalue weighted by atomic mass is 9.13. The highest BCUT2D eigenvalue weighted by molar-refractivity contribution is 7.19. The fraction of sp³-hybridized carbons (Fsp3) is 0.140. The van der Waals surface area contributed by atoms with Crippen molar-refractivity contribution in [2.75, 3.05) is 6.61 Å². The van der Waals surface area contributed by atoms with E-state index in [0.717, 1.165) is 6.54 Å². The van der Waals surface area contributed by atoms with Crippen LogP contribution in [-0.4, -0.2) is 24.8 Å². The van der Waals surface area contributed by atoms with Crippen molar-refractivity contribution in [1.82, 2.24) is 0 Å². The summed E-state index contributed by atoms with van der Waals surface area (Å²) in [5, 5.41) is 0. The van der Waals surface area contributed by atoms with Crippen LogP contribution in [-0.2, 0) is 16.0 Å². The van der Waals surface area contributed by atoms with Gasteiger partial charge in [-0.05, 0) is 42.2 Å². The van der Waals surface area contributed by atoms with E-state index >= 15 is 0 Å². The van der Waals surface area contributed by atoms with E-state index in [-0.39, 0.29) is 12.0 Å². The fourth-order valence-corrected chi connectivity index (χ4v) is 8.50. The summed E-state index contributed by atoms with van der Waals surface area (Å²) in [6, 6.07) is 69.4. The van der Waals surface area contributed by atoms with Gasteiger partial charge in [0, 0.05) is 17.0 Å². The zero-order chi connectivity index (χ0) is 36.8. The maximum Gasteiger partial charge on any atom is 0.169 e. The molecule has 2 aliphatic rings. The standard InChI is InChI=1S/C26H25NO2.C24H20B/c1-26(2)28-17-24(25(29-26)18-8-4-3-5-9-18)19-12-13-21-16-27-15-20-10-6-7-11-22(20)23(21)14-19;1-5-13-21(14-6-1)25(22-15-7-2-8-16-22,23-17-9-3-10-18-23)24-19-11-4-12-20-24/h3-15,24-25H,16-17H2,1-2H3;1-20H/q;-1/p+1/t24-,25-;/m1./s1. The second-order valence-electron chi connectivity index (χ2n) is 14.8. The van der Waals surface area contributed by atoms with Crippen LogP contribution in [0, 0.1) is 0 Å². The van der Waals surface area contributed by atoms with Gasteiger partial charge in [0.05, 0.1) is 12.7 Å². The van der Waals surface area contributed by atoms with Crippen LogP contribution in [0.4, 0.5) is 0 Å². The van der Waals surface area contributed by atoms with E-state index < -0.39 is 11.9 Å². The van der Waals surface area contributed by atoms with E-state index in [1.54, 1.807) is 0 Å². The third-order valence-corrected chi connectivity index (χ3v) is 11.1. The lowest BCUT2D eigenvalue weighted by Gasteiger charge is -2.44. The molecule has 2 aliphatic heterocycles. The molecule has 0 unspecified atom stereocenters. The Morgan fingerprint density at radius 3 is 1.54 bits per heavy atom. The molecule has 266 valence electrons. The number of ether oxygens (including phenoxy) is 2. The molecule has 0 saturated carbocycles. The average Bonchev–Trinajstić information content (AvgIpc) is 3.42. The van der Waals surface area contributed by atoms with E-state index in [2.05, 4.69) is 199 Å². The molecule has 0 radical (unpaired) electrons. The highest BCUT2D eigenvalue weighted by atomic mass is 16.7. The van der Waals surface area contributed by atoms with Crippen LogP contribution in [0.15, 0.2) is 194 Å². The summed E-state index contributed by atoms with van der Waals surface area (Å²) >= 11 is 0. The second-order valence-corrected chi connectivity index (χ2v) is 14.8. The summed E-state index contributed by atoms with van der Waals surface area (Å²) in [4.78, 5) is 3.43. The molecule has 0 spiro atoms. The van der Waals surface area contributed by atoms with E-state index in [1.807, 2.05) is 19.9 Å². The molecule has 1 N–H and O–H groups in total. The lowest BCUT2D eigenvalue weighted by molar-refractivity contribution is -0.469. The molecule has 54 heavy (non-hydrogen) atoms. The first kappa shape index (κ1) is 35.2. The van der Waals surface area contributed by atoms with Gasteiger partial charge in [-0.15, -0.1) is 0 Å². The Kier molecular flexibility index (Phi) is 10.2. The number of nitrogens with one attached hydrogen (secondary N) is 1. The smallest absolute Gasteiger partial charge is 0.169 e. The van der Waals surface area contributed by atoms with Gasteiger partial charge >= 0.3 is 0 Å². The summed E-state index contributed by atoms with van der Waals surface area (Å²) in [5.41, 5.74) is 12.9. The largest absolute Gasteiger partial charge is 0.350 e. The lowest BCUT2D eigenvalue weighted by Crippen LogP contribution is -2.74. The molecule has 1 fully saturated rings. The van der Waals surface area contributed by atoms with Crippen molar-refractivity contribution in [2.45, 2.75) is 38.2 Å². The summed E-state index contributed by atoms with van der Waals surface area (Å²) in [6.07, 6.45) is 0.854. The second kappa shape index (κ2) is 15.7. The van der Waals surface area contributed by atoms with Gasteiger partial charge in [0.25, 0.3) is 0 Å². The monoisotopic (exact) mass is 703 g/mol. The van der Waals surface area contributed by atoms with Crippen molar-refractivity contribution in [3.8, 4) is 11.1 Å². The maximum absolute atomic E-state index is 6.42. The highest BCUT2D eigenvalue weighted by Gasteiger charge is 2.38. The van der Waals surface area contributed by atoms with E-state index in [0.29, 0.717) is 6.61 Å². The molecule has 4 heteroatoms. The topological polar surface area (TPSA) is 32.4 Å². The molecule has 7 aromatic rings. The minimum absolute atomic E-state index is 0.0382. The number of benzene rings is 7. The molecule has 9 rings (SSSR count). The van der Waals surface area contributed by atoms with Gasteiger partial charge < -0.3 is 9.47 Å². The molecule has 0 aromatic heterocycles. The van der Waals surface area contributed by atoms with Crippen molar-refractivity contribution in [1.29, 1.82) is 0 Å². The molecule has 7 aromatic carbocycles. The number of rotatable bonds is 6. The fourth-order valence-electron chi connectivity index (χ4n) is 8.50. The van der Waals surface area contributed by atoms with Gasteiger partial charge in [0.1, 0.15) is 6.15 Å². The highest BCUT2D eigenvalue weighted by Crippen LogP contribution is 2.43. The summed E-state index contributed by atoms with van der Waals surface area (Å²) in [5.74, 6) is -0.447. The molecule has 2 atom stereocenters. The minimum Gasteiger partial charge on any atom is -0.350 e. The zero-order valence-electron chi connectivity index (χ0n) is 31.0. The normalized spacial score (nSPS) is 17.2. The summed E-state index contributed by atoms with van der Waals surface area (Å²) < 4.78 is 12.5. The van der Waals surface area contributed by atoms with Crippen molar-refractivity contribution in [3.05, 3.63) is 216 Å². The van der Waals surface area contributed by atoms with Crippen molar-refractivity contribution >= 4 is 34.2 Å². The molecular weight excluding hydrogens is 657 g/mol. The van der Waals surface area contributed by atoms with Crippen LogP contribution >= 0.6 is 0 Å². The number of fused-ring (bicyclic) bond motifs is 3. The summed E-state index contributed by atoms with van der Waals surface area (Å²) in [6.45, 7) is 5.45. The predicted octanol–water partition coefficient (Wildman–Crippen LogP) is 7.04. The summed E-state index contributed by atoms with van der Waals surface area (Å²) in [7, 11) is 0. The van der Waals surface area contributed by atoms with Crippen LogP contribution in [0.1, 0.15) is 48.1 Å². The molecule has 0 amide bonds. The Labute approximate surface area is 319 Å². The Balaban J connectivity index is 0.000000155. The molecule has 0 aliphatic carbocycles. The van der Waals surface area contributed by atoms with Crippen LogP contribution in [0.5, 0.6) is 0 Å². The van der Waals surface area contributed by atoms with Crippen LogP contribution in [0.3, 0.4) is 0 Å².